The number of hydrogen-bond acceptors (Lipinski definition) is 12. The van der Waals surface area contributed by atoms with Gasteiger partial charge in [-0.15, -0.1) is 0 Å². The van der Waals surface area contributed by atoms with Crippen LogP contribution in [-0.2, 0) is 47.1 Å². The van der Waals surface area contributed by atoms with Crippen molar-refractivity contribution in [2.24, 2.45) is 10.8 Å². The Bertz CT molecular complexity index is 2350. The number of esters is 1. The quantitative estimate of drug-likeness (QED) is 0.112. The predicted octanol–water partition coefficient (Wildman–Crippen LogP) is 1.48. The number of aliphatic carboxylic acids is 1. The summed E-state index contributed by atoms with van der Waals surface area (Å²) in [4.78, 5) is 62.6. The summed E-state index contributed by atoms with van der Waals surface area (Å²) in [6, 6.07) is 28.9. The van der Waals surface area contributed by atoms with Crippen LogP contribution in [0.25, 0.3) is 11.1 Å². The Labute approximate surface area is 389 Å². The predicted molar refractivity (Wildman–Crippen MR) is 223 cm³/mol. The maximum absolute atomic E-state index is 13.7. The van der Waals surface area contributed by atoms with Crippen molar-refractivity contribution < 1.29 is 75.4 Å². The molecule has 8 rings (SSSR count). The smallest absolute Gasteiger partial charge is 0.548 e. The molecule has 0 spiro atoms. The zero-order valence-corrected chi connectivity index (χ0v) is 39.0. The molecule has 4 fully saturated rings. The van der Waals surface area contributed by atoms with Crippen molar-refractivity contribution >= 4 is 58.0 Å². The molecule has 14 nitrogen and oxygen atoms in total. The number of benzene rings is 2. The van der Waals surface area contributed by atoms with Crippen LogP contribution in [0.15, 0.2) is 121 Å². The zero-order chi connectivity index (χ0) is 44.6. The van der Waals surface area contributed by atoms with E-state index in [9.17, 15) is 24.3 Å². The minimum absolute atomic E-state index is 0. The molecule has 0 aliphatic carbocycles. The first-order valence-electron chi connectivity index (χ1n) is 19.3. The van der Waals surface area contributed by atoms with Crippen molar-refractivity contribution in [3.05, 3.63) is 143 Å². The van der Waals surface area contributed by atoms with Crippen LogP contribution >= 0.6 is 0 Å². The second-order valence-corrected chi connectivity index (χ2v) is 16.5. The van der Waals surface area contributed by atoms with Gasteiger partial charge in [-0.25, -0.2) is 4.79 Å². The van der Waals surface area contributed by atoms with E-state index >= 15 is 0 Å². The van der Waals surface area contributed by atoms with Gasteiger partial charge in [0.1, 0.15) is 6.04 Å². The summed E-state index contributed by atoms with van der Waals surface area (Å²) < 4.78 is 39.3. The monoisotopic (exact) mass is 888 g/mol. The number of carboxylic acids is 1. The number of carboxylic acid groups (broad SMARTS) is 1. The summed E-state index contributed by atoms with van der Waals surface area (Å²) in [5.74, 6) is -1.85. The minimum Gasteiger partial charge on any atom is -0.548 e. The molecule has 0 radical (unpaired) electrons. The number of amides is 2. The fraction of sp³-hybridized carbons (Fsp3) is 0.333. The Hall–Kier alpha value is -5.26. The Kier molecular flexibility index (Phi) is 16.9. The van der Waals surface area contributed by atoms with Gasteiger partial charge in [0.15, 0.2) is 6.10 Å². The van der Waals surface area contributed by atoms with E-state index in [2.05, 4.69) is 9.97 Å². The second kappa shape index (κ2) is 21.2. The number of hydrogen-bond donors (Lipinski definition) is 0. The Balaban J connectivity index is 0.000000258. The van der Waals surface area contributed by atoms with Crippen molar-refractivity contribution in [1.82, 2.24) is 19.8 Å². The molecule has 2 unspecified atom stereocenters. The van der Waals surface area contributed by atoms with E-state index in [-0.39, 0.29) is 59.4 Å². The third kappa shape index (κ3) is 10.2. The maximum atomic E-state index is 13.7. The number of ether oxygens (including phenoxy) is 1. The maximum Gasteiger partial charge on any atom is 1.00 e. The Morgan fingerprint density at radius 1 is 0.645 bits per heavy atom. The third-order valence-electron chi connectivity index (χ3n) is 11.5. The van der Waals surface area contributed by atoms with Gasteiger partial charge in [0.05, 0.1) is 35.5 Å². The van der Waals surface area contributed by atoms with E-state index in [0.717, 1.165) is 39.2 Å². The molecular weight excluding hydrogens is 844 g/mol. The van der Waals surface area contributed by atoms with E-state index in [1.807, 2.05) is 139 Å². The number of carbonyl (C=O) groups excluding carboxylic acids is 4. The van der Waals surface area contributed by atoms with Gasteiger partial charge in [0.25, 0.3) is 11.8 Å². The van der Waals surface area contributed by atoms with Crippen LogP contribution in [0.2, 0.25) is 0 Å². The molecule has 17 heteroatoms. The molecule has 2 aromatic heterocycles. The number of fused-ring (bicyclic) bond motifs is 2. The molecule has 4 aliphatic rings. The SMILES string of the molecule is C/C(=C1\C(=O)N2C1CC(C)(C)[C@@H]2C(=O)OC(c1ccccc1)c1ccccc1)c1ccccn1.C/C(=C1\C(=O)N2C1CC(C)(C)[C@@H]2C(=O)[O-])c1ccccn1.O=S=O.O=S=O.[Na+]. The van der Waals surface area contributed by atoms with Gasteiger partial charge < -0.3 is 24.4 Å². The van der Waals surface area contributed by atoms with Gasteiger partial charge in [-0.1, -0.05) is 100 Å². The van der Waals surface area contributed by atoms with Crippen LogP contribution in [0.1, 0.15) is 83.0 Å². The number of carbonyl (C=O) groups is 4. The van der Waals surface area contributed by atoms with E-state index in [1.165, 1.54) is 4.90 Å². The van der Waals surface area contributed by atoms with Crippen LogP contribution in [0.3, 0.4) is 0 Å². The number of nitrogens with zero attached hydrogens (tertiary/aromatic N) is 4. The number of pyridine rings is 2. The molecule has 2 aromatic carbocycles. The topological polar surface area (TPSA) is 201 Å². The first kappa shape index (κ1) is 49.4. The fourth-order valence-electron chi connectivity index (χ4n) is 8.86. The van der Waals surface area contributed by atoms with Crippen LogP contribution in [0, 0.1) is 10.8 Å². The van der Waals surface area contributed by atoms with Crippen molar-refractivity contribution in [3.63, 3.8) is 0 Å². The summed E-state index contributed by atoms with van der Waals surface area (Å²) in [6.45, 7) is 11.6. The molecule has 4 saturated heterocycles. The Morgan fingerprint density at radius 2 is 1.00 bits per heavy atom. The summed E-state index contributed by atoms with van der Waals surface area (Å²) in [6.07, 6.45) is 4.22. The molecule has 4 aromatic rings. The first-order valence-corrected chi connectivity index (χ1v) is 20.6. The first-order chi connectivity index (χ1) is 29.1. The molecular formula is C45H45N4NaO10S2. The average Bonchev–Trinajstić information content (AvgIpc) is 3.65. The molecule has 0 N–H and O–H groups in total. The van der Waals surface area contributed by atoms with Gasteiger partial charge in [-0.2, -0.15) is 16.8 Å². The van der Waals surface area contributed by atoms with Gasteiger partial charge in [0.2, 0.25) is 0 Å². The molecule has 0 bridgehead atoms. The van der Waals surface area contributed by atoms with Gasteiger partial charge >= 0.3 is 58.7 Å². The second-order valence-electron chi connectivity index (χ2n) is 16.2. The number of aromatic nitrogens is 2. The largest absolute Gasteiger partial charge is 1.00 e. The summed E-state index contributed by atoms with van der Waals surface area (Å²) in [5.41, 5.74) is 5.60. The van der Waals surface area contributed by atoms with Crippen LogP contribution < -0.4 is 34.7 Å². The summed E-state index contributed by atoms with van der Waals surface area (Å²) >= 11 is -1.50. The molecule has 0 saturated carbocycles. The average molecular weight is 889 g/mol. The number of rotatable bonds is 7. The molecule has 6 heterocycles. The van der Waals surface area contributed by atoms with Gasteiger partial charge in [-0.3, -0.25) is 19.6 Å². The molecule has 4 aliphatic heterocycles. The zero-order valence-electron chi connectivity index (χ0n) is 35.4. The molecule has 318 valence electrons. The van der Waals surface area contributed by atoms with Crippen molar-refractivity contribution in [2.45, 2.75) is 84.7 Å². The van der Waals surface area contributed by atoms with Crippen LogP contribution in [0.5, 0.6) is 0 Å². The van der Waals surface area contributed by atoms with Crippen molar-refractivity contribution in [1.29, 1.82) is 0 Å². The molecule has 2 amide bonds. The number of β-lactam (4-membered cyclic amide) rings is 2. The fourth-order valence-corrected chi connectivity index (χ4v) is 8.86. The molecule has 4 atom stereocenters. The van der Waals surface area contributed by atoms with Gasteiger partial charge in [-0.05, 0) is 84.1 Å². The van der Waals surface area contributed by atoms with Gasteiger partial charge in [0, 0.05) is 23.5 Å². The van der Waals surface area contributed by atoms with E-state index in [1.54, 1.807) is 17.3 Å². The van der Waals surface area contributed by atoms with Crippen molar-refractivity contribution in [2.75, 3.05) is 0 Å². The van der Waals surface area contributed by atoms with E-state index in [4.69, 9.17) is 21.6 Å². The summed E-state index contributed by atoms with van der Waals surface area (Å²) in [5, 5.41) is 11.4. The van der Waals surface area contributed by atoms with E-state index < -0.39 is 58.1 Å². The van der Waals surface area contributed by atoms with Crippen LogP contribution in [-0.4, -0.2) is 84.5 Å². The van der Waals surface area contributed by atoms with Crippen LogP contribution in [0.4, 0.5) is 0 Å². The standard InChI is InChI=1S/C29H28N2O3.C16H18N2O3.Na.2O2S/c1-19(22-16-10-11-17-30-22)24-23-18-29(2,3)26(31(23)27(24)32)28(33)34-25(20-12-6-4-7-13-20)21-14-8-5-9-15-21;1-9(10-6-4-5-7-17-10)12-11-8-16(2,3)13(15(20)21)18(11)14(12)19;;2*1-3-2/h4-17,23,25-26H,18H2,1-3H3;4-7,11,13H,8H2,1-3H3,(H,20,21);;;/q;;+1;;/p-1/b24-19+;12-9+;;;/t23?,26-;11?,13-;;;/m00.../s1. The minimum atomic E-state index is -1.18. The van der Waals surface area contributed by atoms with E-state index in [0.29, 0.717) is 18.4 Å². The summed E-state index contributed by atoms with van der Waals surface area (Å²) in [7, 11) is 0. The Morgan fingerprint density at radius 3 is 1.35 bits per heavy atom. The molecule has 62 heavy (non-hydrogen) atoms. The third-order valence-corrected chi connectivity index (χ3v) is 11.5. The normalized spacial score (nSPS) is 22.4. The number of allylic oxidation sites excluding steroid dienone is 2. The van der Waals surface area contributed by atoms with Crippen molar-refractivity contribution in [3.8, 4) is 0 Å².